The van der Waals surface area contributed by atoms with Crippen LogP contribution in [0.25, 0.3) is 11.1 Å². The van der Waals surface area contributed by atoms with Crippen LogP contribution in [0.2, 0.25) is 0 Å². The molecule has 4 rings (SSSR count). The molecule has 4 aromatic rings. The molecule has 200 valence electrons. The number of unbranched alkanes of at least 4 members (excludes halogenated alkanes) is 2. The van der Waals surface area contributed by atoms with E-state index in [1.54, 1.807) is 10.4 Å². The highest BCUT2D eigenvalue weighted by atomic mass is 16.5. The zero-order valence-corrected chi connectivity index (χ0v) is 21.8. The van der Waals surface area contributed by atoms with Crippen LogP contribution in [0.3, 0.4) is 0 Å². The fraction of sp³-hybridized carbons (Fsp3) is 0.212. The number of rotatable bonds is 13. The lowest BCUT2D eigenvalue weighted by Crippen LogP contribution is -2.30. The zero-order chi connectivity index (χ0) is 28.2. The summed E-state index contributed by atoms with van der Waals surface area (Å²) < 4.78 is 15.1. The molecule has 1 atom stereocenters. The largest absolute Gasteiger partial charge is 0.493 e. The Labute approximate surface area is 231 Å². The molecule has 0 saturated carbocycles. The molecule has 6 nitrogen and oxygen atoms in total. The highest BCUT2D eigenvalue weighted by molar-refractivity contribution is 5.94. The van der Waals surface area contributed by atoms with Gasteiger partial charge < -0.3 is 9.64 Å². The third-order valence-electron chi connectivity index (χ3n) is 6.35. The van der Waals surface area contributed by atoms with E-state index in [0.717, 1.165) is 35.1 Å². The number of hydrogen-bond acceptors (Lipinski definition) is 4. The van der Waals surface area contributed by atoms with Crippen molar-refractivity contribution in [2.75, 3.05) is 6.61 Å². The minimum atomic E-state index is -0.909. The van der Waals surface area contributed by atoms with Crippen LogP contribution >= 0.6 is 0 Å². The Kier molecular flexibility index (Phi) is 9.74. The van der Waals surface area contributed by atoms with Crippen LogP contribution in [-0.2, 0) is 17.9 Å². The fourth-order valence-electron chi connectivity index (χ4n) is 4.26. The Morgan fingerprint density at radius 2 is 1.41 bits per heavy atom. The molecule has 0 radical (unpaired) electrons. The molecule has 0 aromatic heterocycles. The minimum absolute atomic E-state index is 0.204. The number of carbonyl (C=O) groups is 2. The topological polar surface area (TPSA) is 78.9 Å². The van der Waals surface area contributed by atoms with Crippen molar-refractivity contribution in [3.05, 3.63) is 126 Å². The monoisotopic (exact) mass is 523 g/mol. The Bertz CT molecular complexity index is 1360. The second kappa shape index (κ2) is 14.5. The number of para-hydroxylation sites is 1. The first-order chi connectivity index (χ1) is 19.6. The first-order valence-corrected chi connectivity index (χ1v) is 13.1. The summed E-state index contributed by atoms with van der Waals surface area (Å²) in [4.78, 5) is 26.6. The number of benzene rings is 4. The molecule has 0 aliphatic carbocycles. The smallest absolute Gasteiger partial charge is 0.254 e. The van der Waals surface area contributed by atoms with E-state index < -0.39 is 12.4 Å². The lowest BCUT2D eigenvalue weighted by atomic mass is 10.0. The van der Waals surface area contributed by atoms with E-state index in [2.05, 4.69) is 0 Å². The molecule has 0 spiro atoms. The molecule has 0 aliphatic rings. The zero-order valence-electron chi connectivity index (χ0n) is 22.8. The predicted molar refractivity (Wildman–Crippen MR) is 152 cm³/mol. The maximum Gasteiger partial charge on any atom is 0.254 e. The van der Waals surface area contributed by atoms with E-state index in [1.165, 1.54) is 0 Å². The van der Waals surface area contributed by atoms with Gasteiger partial charge in [0.1, 0.15) is 5.75 Å². The van der Waals surface area contributed by atoms with Gasteiger partial charge in [0.2, 0.25) is 5.91 Å². The second-order valence-electron chi connectivity index (χ2n) is 9.22. The molecule has 4 aromatic carbocycles. The van der Waals surface area contributed by atoms with Crippen LogP contribution < -0.4 is 10.2 Å². The van der Waals surface area contributed by atoms with Crippen molar-refractivity contribution < 1.29 is 20.9 Å². The molecule has 1 unspecified atom stereocenters. The quantitative estimate of drug-likeness (QED) is 0.117. The highest BCUT2D eigenvalue weighted by Gasteiger charge is 2.19. The summed E-state index contributed by atoms with van der Waals surface area (Å²) in [6.07, 6.45) is 2.44. The average molecular weight is 524 g/mol. The minimum Gasteiger partial charge on any atom is -0.493 e. The number of hydrogen-bond donors (Lipinski definition) is 2. The first-order valence-electron chi connectivity index (χ1n) is 13.7. The van der Waals surface area contributed by atoms with Gasteiger partial charge in [-0.2, -0.15) is 0 Å². The third kappa shape index (κ3) is 8.28. The van der Waals surface area contributed by atoms with Gasteiger partial charge in [0.15, 0.2) is 0 Å². The molecular formula is C33H34N2O4. The number of carbonyl (C=O) groups excluding carboxylic acids is 2. The summed E-state index contributed by atoms with van der Waals surface area (Å²) in [6.45, 7) is -0.251. The standard InChI is InChI=1S/C33H34N2O4/c36-32(34-38)18-8-3-11-23-39-31-17-10-9-16-30(31)25-35(24-26-12-4-1-5-13-26)33(37)29-21-19-28(20-22-29)27-14-6-2-7-15-27/h1-2,4-7,9-10,12-17,19-22,38H,3,8,11,18,23-25H2,(H,34,36)/i24D. The SMILES string of the molecule is [2H]C(c1ccccc1)N(Cc1ccccc1OCCCCCC(=O)NO)C(=O)c1ccc(-c2ccccc2)cc1. The van der Waals surface area contributed by atoms with E-state index >= 15 is 0 Å². The molecular weight excluding hydrogens is 488 g/mol. The summed E-state index contributed by atoms with van der Waals surface area (Å²) in [5.74, 6) is 0.0302. The molecule has 6 heteroatoms. The fourth-order valence-corrected chi connectivity index (χ4v) is 4.26. The van der Waals surface area contributed by atoms with Crippen molar-refractivity contribution in [3.8, 4) is 16.9 Å². The Morgan fingerprint density at radius 3 is 2.13 bits per heavy atom. The number of amides is 2. The van der Waals surface area contributed by atoms with Crippen molar-refractivity contribution >= 4 is 11.8 Å². The van der Waals surface area contributed by atoms with Gasteiger partial charge in [0, 0.05) is 30.6 Å². The van der Waals surface area contributed by atoms with Gasteiger partial charge in [0.25, 0.3) is 5.91 Å². The molecule has 0 saturated heterocycles. The molecule has 0 fully saturated rings. The van der Waals surface area contributed by atoms with Crippen molar-refractivity contribution in [1.29, 1.82) is 0 Å². The number of hydroxylamine groups is 1. The normalized spacial score (nSPS) is 11.8. The van der Waals surface area contributed by atoms with Crippen LogP contribution in [0.15, 0.2) is 109 Å². The van der Waals surface area contributed by atoms with Crippen LogP contribution in [-0.4, -0.2) is 28.5 Å². The van der Waals surface area contributed by atoms with Crippen LogP contribution in [0.1, 0.15) is 48.5 Å². The van der Waals surface area contributed by atoms with Crippen molar-refractivity contribution in [2.24, 2.45) is 0 Å². The van der Waals surface area contributed by atoms with Gasteiger partial charge in [0.05, 0.1) is 7.98 Å². The molecule has 2 N–H and O–H groups in total. The molecule has 2 amide bonds. The van der Waals surface area contributed by atoms with Crippen molar-refractivity contribution in [3.63, 3.8) is 0 Å². The van der Waals surface area contributed by atoms with Gasteiger partial charge in [-0.25, -0.2) is 5.48 Å². The Hall–Kier alpha value is -4.42. The summed E-state index contributed by atoms with van der Waals surface area (Å²) in [6, 6.07) is 34.4. The first kappa shape index (κ1) is 26.2. The van der Waals surface area contributed by atoms with Gasteiger partial charge in [-0.3, -0.25) is 14.8 Å². The van der Waals surface area contributed by atoms with E-state index in [0.29, 0.717) is 24.3 Å². The molecule has 0 heterocycles. The Morgan fingerprint density at radius 1 is 0.769 bits per heavy atom. The highest BCUT2D eigenvalue weighted by Crippen LogP contribution is 2.24. The maximum absolute atomic E-state index is 13.8. The van der Waals surface area contributed by atoms with Crippen molar-refractivity contribution in [1.82, 2.24) is 10.4 Å². The Balaban J connectivity index is 1.51. The van der Waals surface area contributed by atoms with E-state index in [4.69, 9.17) is 11.3 Å². The van der Waals surface area contributed by atoms with Gasteiger partial charge in [-0.15, -0.1) is 0 Å². The van der Waals surface area contributed by atoms with E-state index in [-0.39, 0.29) is 18.9 Å². The lowest BCUT2D eigenvalue weighted by Gasteiger charge is -2.24. The summed E-state index contributed by atoms with van der Waals surface area (Å²) in [5, 5.41) is 8.61. The summed E-state index contributed by atoms with van der Waals surface area (Å²) >= 11 is 0. The van der Waals surface area contributed by atoms with E-state index in [1.807, 2.05) is 109 Å². The summed E-state index contributed by atoms with van der Waals surface area (Å²) in [7, 11) is 0. The average Bonchev–Trinajstić information content (AvgIpc) is 3.02. The van der Waals surface area contributed by atoms with Crippen LogP contribution in [0.4, 0.5) is 0 Å². The van der Waals surface area contributed by atoms with Crippen LogP contribution in [0, 0.1) is 0 Å². The van der Waals surface area contributed by atoms with E-state index in [9.17, 15) is 9.59 Å². The molecule has 39 heavy (non-hydrogen) atoms. The third-order valence-corrected chi connectivity index (χ3v) is 6.35. The lowest BCUT2D eigenvalue weighted by molar-refractivity contribution is -0.129. The molecule has 0 aliphatic heterocycles. The van der Waals surface area contributed by atoms with Crippen LogP contribution in [0.5, 0.6) is 5.75 Å². The van der Waals surface area contributed by atoms with Gasteiger partial charge in [-0.05, 0) is 54.2 Å². The number of ether oxygens (including phenoxy) is 1. The predicted octanol–water partition coefficient (Wildman–Crippen LogP) is 6.64. The van der Waals surface area contributed by atoms with Gasteiger partial charge in [-0.1, -0.05) is 91.0 Å². The number of nitrogens with zero attached hydrogens (tertiary/aromatic N) is 1. The number of nitrogens with one attached hydrogen (secondary N) is 1. The summed E-state index contributed by atoms with van der Waals surface area (Å²) in [5.41, 5.74) is 5.78. The second-order valence-corrected chi connectivity index (χ2v) is 9.22. The maximum atomic E-state index is 13.8. The molecule has 0 bridgehead atoms. The van der Waals surface area contributed by atoms with Crippen molar-refractivity contribution in [2.45, 2.75) is 38.7 Å². The van der Waals surface area contributed by atoms with Gasteiger partial charge >= 0.3 is 0 Å².